The lowest BCUT2D eigenvalue weighted by Gasteiger charge is -2.57. The molecule has 3 aliphatic carbocycles. The van der Waals surface area contributed by atoms with Crippen molar-refractivity contribution in [3.63, 3.8) is 0 Å². The highest BCUT2D eigenvalue weighted by molar-refractivity contribution is 6.30. The normalized spacial score (nSPS) is 23.1. The van der Waals surface area contributed by atoms with Gasteiger partial charge in [-0.05, 0) is 56.4 Å². The quantitative estimate of drug-likeness (QED) is 0.260. The number of esters is 1. The van der Waals surface area contributed by atoms with Crippen molar-refractivity contribution in [3.05, 3.63) is 58.6 Å². The first kappa shape index (κ1) is 32.0. The van der Waals surface area contributed by atoms with Crippen LogP contribution in [0.5, 0.6) is 11.5 Å². The molecule has 0 unspecified atom stereocenters. The van der Waals surface area contributed by atoms with E-state index in [-0.39, 0.29) is 22.9 Å². The van der Waals surface area contributed by atoms with Gasteiger partial charge in [0.1, 0.15) is 35.3 Å². The van der Waals surface area contributed by atoms with Crippen LogP contribution in [0.15, 0.2) is 36.4 Å². The smallest absolute Gasteiger partial charge is 0.321 e. The summed E-state index contributed by atoms with van der Waals surface area (Å²) in [5, 5.41) is 14.8. The highest BCUT2D eigenvalue weighted by Crippen LogP contribution is 2.48. The number of carboxylic acids is 1. The first-order valence-electron chi connectivity index (χ1n) is 13.6. The van der Waals surface area contributed by atoms with E-state index in [1.165, 1.54) is 30.3 Å². The summed E-state index contributed by atoms with van der Waals surface area (Å²) in [6.45, 7) is 0.747. The van der Waals surface area contributed by atoms with Gasteiger partial charge < -0.3 is 35.7 Å². The lowest BCUT2D eigenvalue weighted by atomic mass is 9.59. The number of ether oxygens (including phenoxy) is 3. The van der Waals surface area contributed by atoms with E-state index < -0.39 is 78.2 Å². The van der Waals surface area contributed by atoms with E-state index in [1.54, 1.807) is 6.92 Å². The first-order valence-corrected chi connectivity index (χ1v) is 13.9. The summed E-state index contributed by atoms with van der Waals surface area (Å²) in [6, 6.07) is 6.53. The Bertz CT molecular complexity index is 1400. The Hall–Kier alpha value is -3.97. The van der Waals surface area contributed by atoms with Crippen LogP contribution in [0.25, 0.3) is 0 Å². The van der Waals surface area contributed by atoms with E-state index in [9.17, 15) is 28.0 Å². The third kappa shape index (κ3) is 7.90. The summed E-state index contributed by atoms with van der Waals surface area (Å²) < 4.78 is 44.1. The van der Waals surface area contributed by atoms with Crippen LogP contribution in [0.1, 0.15) is 44.1 Å². The Morgan fingerprint density at radius 3 is 2.14 bits per heavy atom. The molecular formula is C29H32ClF2N3O8. The van der Waals surface area contributed by atoms with Gasteiger partial charge in [0.15, 0.2) is 13.2 Å². The largest absolute Gasteiger partial charge is 0.484 e. The molecule has 2 aromatic rings. The Labute approximate surface area is 251 Å². The van der Waals surface area contributed by atoms with Crippen LogP contribution in [-0.4, -0.2) is 65.3 Å². The zero-order valence-electron chi connectivity index (χ0n) is 23.3. The van der Waals surface area contributed by atoms with Crippen molar-refractivity contribution in [2.24, 2.45) is 5.73 Å². The molecule has 3 saturated carbocycles. The molecule has 5 rings (SSSR count). The molecule has 0 spiro atoms. The second-order valence-corrected chi connectivity index (χ2v) is 11.3. The molecule has 2 aromatic carbocycles. The minimum absolute atomic E-state index is 0.0869. The number of nitrogens with one attached hydrogen (secondary N) is 2. The number of nitrogens with two attached hydrogens (primary N) is 1. The number of halogens is 3. The number of carbonyl (C=O) groups excluding carboxylic acids is 3. The maximum absolute atomic E-state index is 13.9. The molecule has 232 valence electrons. The number of fused-ring (bicyclic) bond motifs is 3. The summed E-state index contributed by atoms with van der Waals surface area (Å²) in [6.07, 6.45) is 0.0446. The summed E-state index contributed by atoms with van der Waals surface area (Å²) >= 11 is 5.68. The fourth-order valence-electron chi connectivity index (χ4n) is 5.43. The van der Waals surface area contributed by atoms with E-state index in [0.717, 1.165) is 6.07 Å². The Kier molecular flexibility index (Phi) is 9.75. The Morgan fingerprint density at radius 2 is 1.56 bits per heavy atom. The summed E-state index contributed by atoms with van der Waals surface area (Å²) in [5.74, 6) is -4.18. The van der Waals surface area contributed by atoms with E-state index >= 15 is 0 Å². The van der Waals surface area contributed by atoms with Crippen LogP contribution in [0.2, 0.25) is 5.02 Å². The van der Waals surface area contributed by atoms with Crippen LogP contribution < -0.4 is 25.8 Å². The van der Waals surface area contributed by atoms with Gasteiger partial charge in [0.05, 0.1) is 17.0 Å². The molecule has 0 aromatic heterocycles. The van der Waals surface area contributed by atoms with E-state index in [0.29, 0.717) is 31.2 Å². The topological polar surface area (TPSA) is 166 Å². The molecule has 0 aliphatic heterocycles. The van der Waals surface area contributed by atoms with Crippen LogP contribution >= 0.6 is 11.6 Å². The third-order valence-electron chi connectivity index (χ3n) is 7.84. The molecule has 0 heterocycles. The van der Waals surface area contributed by atoms with Crippen molar-refractivity contribution in [2.45, 2.75) is 68.7 Å². The van der Waals surface area contributed by atoms with Gasteiger partial charge in [-0.1, -0.05) is 17.7 Å². The van der Waals surface area contributed by atoms with Crippen molar-refractivity contribution >= 4 is 35.4 Å². The van der Waals surface area contributed by atoms with Gasteiger partial charge in [-0.25, -0.2) is 8.78 Å². The fourth-order valence-corrected chi connectivity index (χ4v) is 5.55. The number of carboxylic acid groups (broad SMARTS) is 1. The van der Waals surface area contributed by atoms with Gasteiger partial charge in [-0.3, -0.25) is 19.2 Å². The van der Waals surface area contributed by atoms with Gasteiger partial charge >= 0.3 is 11.9 Å². The van der Waals surface area contributed by atoms with Crippen molar-refractivity contribution in [3.8, 4) is 11.5 Å². The van der Waals surface area contributed by atoms with Crippen molar-refractivity contribution in [1.29, 1.82) is 0 Å². The lowest BCUT2D eigenvalue weighted by Crippen LogP contribution is -2.71. The number of amides is 2. The molecule has 0 saturated heterocycles. The van der Waals surface area contributed by atoms with Crippen molar-refractivity contribution in [1.82, 2.24) is 10.6 Å². The summed E-state index contributed by atoms with van der Waals surface area (Å²) in [7, 11) is 0. The Morgan fingerprint density at radius 1 is 0.977 bits per heavy atom. The maximum atomic E-state index is 13.9. The predicted octanol–water partition coefficient (Wildman–Crippen LogP) is 2.79. The van der Waals surface area contributed by atoms with Crippen LogP contribution in [-0.2, 0) is 23.9 Å². The molecule has 14 heteroatoms. The number of aryl methyl sites for hydroxylation is 1. The number of benzene rings is 2. The molecule has 3 aliphatic rings. The first-order chi connectivity index (χ1) is 20.3. The second-order valence-electron chi connectivity index (χ2n) is 10.9. The number of carbonyl (C=O) groups is 4. The zero-order valence-corrected chi connectivity index (χ0v) is 24.0. The van der Waals surface area contributed by atoms with Crippen LogP contribution in [0, 0.1) is 18.6 Å². The van der Waals surface area contributed by atoms with Crippen molar-refractivity contribution in [2.75, 3.05) is 13.2 Å². The predicted molar refractivity (Wildman–Crippen MR) is 148 cm³/mol. The average Bonchev–Trinajstić information content (AvgIpc) is 2.95. The molecular weight excluding hydrogens is 592 g/mol. The lowest BCUT2D eigenvalue weighted by molar-refractivity contribution is -0.168. The molecule has 5 N–H and O–H groups in total. The molecule has 2 bridgehead atoms. The number of aliphatic carboxylic acids is 1. The number of hydrogen-bond donors (Lipinski definition) is 4. The monoisotopic (exact) mass is 623 g/mol. The molecule has 2 amide bonds. The minimum Gasteiger partial charge on any atom is -0.484 e. The Balaban J connectivity index is 1.43. The average molecular weight is 624 g/mol. The highest BCUT2D eigenvalue weighted by Gasteiger charge is 2.57. The fraction of sp³-hybridized carbons (Fsp3) is 0.448. The van der Waals surface area contributed by atoms with Gasteiger partial charge in [0.2, 0.25) is 0 Å². The molecule has 3 fully saturated rings. The van der Waals surface area contributed by atoms with E-state index in [1.807, 2.05) is 0 Å². The molecule has 2 atom stereocenters. The summed E-state index contributed by atoms with van der Waals surface area (Å²) in [4.78, 5) is 49.6. The highest BCUT2D eigenvalue weighted by atomic mass is 35.5. The molecule has 0 radical (unpaired) electrons. The van der Waals surface area contributed by atoms with Gasteiger partial charge in [-0.2, -0.15) is 0 Å². The number of hydrogen-bond acceptors (Lipinski definition) is 8. The third-order valence-corrected chi connectivity index (χ3v) is 8.14. The standard InChI is InChI=1S/C29H32ClF2N3O8/c1-16-2-3-17(10-20(16)31)42-15-25(37)35-29-8-6-28(7-9-29,13-23(29)43-26(38)12-22(33)27(39)40)34-24(36)14-41-18-4-5-19(30)21(32)11-18/h2-5,10-11,22-23H,6-9,12-15,33H2,1H3,(H,34,36)(H,35,37)(H,39,40)/t22-,23-,28?,29?/m0/s1. The van der Waals surface area contributed by atoms with Crippen molar-refractivity contribution < 1.29 is 47.3 Å². The van der Waals surface area contributed by atoms with Gasteiger partial charge in [0, 0.05) is 24.1 Å². The SMILES string of the molecule is Cc1ccc(OCC(=O)NC23CCC(NC(=O)COc4ccc(Cl)c(F)c4)(CC2)C[C@@H]3OC(=O)C[C@H](N)C(=O)O)cc1F. The van der Waals surface area contributed by atoms with Crippen LogP contribution in [0.4, 0.5) is 8.78 Å². The van der Waals surface area contributed by atoms with Crippen LogP contribution in [0.3, 0.4) is 0 Å². The summed E-state index contributed by atoms with van der Waals surface area (Å²) in [5.41, 5.74) is 4.09. The molecule has 11 nitrogen and oxygen atoms in total. The second kappa shape index (κ2) is 13.1. The minimum atomic E-state index is -1.48. The zero-order chi connectivity index (χ0) is 31.4. The van der Waals surface area contributed by atoms with Gasteiger partial charge in [-0.15, -0.1) is 0 Å². The van der Waals surface area contributed by atoms with Gasteiger partial charge in [0.25, 0.3) is 11.8 Å². The maximum Gasteiger partial charge on any atom is 0.321 e. The molecule has 43 heavy (non-hydrogen) atoms. The van der Waals surface area contributed by atoms with E-state index in [4.69, 9.17) is 36.7 Å². The van der Waals surface area contributed by atoms with E-state index in [2.05, 4.69) is 10.6 Å². The number of rotatable bonds is 12.